The van der Waals surface area contributed by atoms with E-state index in [1.54, 1.807) is 0 Å². The predicted octanol–water partition coefficient (Wildman–Crippen LogP) is 18.7. The predicted molar refractivity (Wildman–Crippen MR) is 282 cm³/mol. The van der Waals surface area contributed by atoms with E-state index >= 15 is 0 Å². The van der Waals surface area contributed by atoms with Crippen LogP contribution in [0.5, 0.6) is 0 Å². The minimum absolute atomic E-state index is 1.21. The van der Waals surface area contributed by atoms with E-state index in [2.05, 4.69) is 243 Å². The molecule has 13 aromatic rings. The van der Waals surface area contributed by atoms with Gasteiger partial charge in [0, 0.05) is 20.2 Å². The molecule has 0 bridgehead atoms. The van der Waals surface area contributed by atoms with Gasteiger partial charge in [-0.15, -0.1) is 11.3 Å². The average molecular weight is 841 g/mol. The fourth-order valence-corrected chi connectivity index (χ4v) is 11.7. The van der Waals surface area contributed by atoms with E-state index in [-0.39, 0.29) is 0 Å². The SMILES string of the molecule is c1ccc(-c2cc(-c3ccccc3)cc(-c3c4ccccc4c(-c4ccc5c(c4)sc4ccc(-c6c7ccccc7c(-c7ccccc7)c7ccccc67)cc45)c4ccccc34)c2)cc1. The van der Waals surface area contributed by atoms with Crippen molar-refractivity contribution in [2.45, 2.75) is 0 Å². The molecule has 0 atom stereocenters. The molecule has 0 amide bonds. The standard InChI is InChI=1S/C64H40S/c1-4-18-41(19-5-1)46-36-47(42-20-6-2-7-21-42)38-48(37-46)64-56-30-16-14-28-54(56)63(55-29-15-17-31-57(55)64)45-32-34-49-58-39-44(33-35-59(58)65-60(49)40-45)62-52-26-12-10-24-50(52)61(43-22-8-3-9-23-43)51-25-11-13-27-53(51)62/h1-40H. The number of fused-ring (bicyclic) bond motifs is 7. The zero-order chi connectivity index (χ0) is 42.8. The van der Waals surface area contributed by atoms with Gasteiger partial charge in [0.05, 0.1) is 0 Å². The van der Waals surface area contributed by atoms with Crippen molar-refractivity contribution in [3.63, 3.8) is 0 Å². The molecule has 0 aliphatic heterocycles. The van der Waals surface area contributed by atoms with Gasteiger partial charge in [0.2, 0.25) is 0 Å². The second kappa shape index (κ2) is 15.3. The topological polar surface area (TPSA) is 0 Å². The minimum Gasteiger partial charge on any atom is -0.135 e. The molecule has 65 heavy (non-hydrogen) atoms. The maximum atomic E-state index is 2.44. The Hall–Kier alpha value is -8.10. The number of thiophene rings is 1. The Balaban J connectivity index is 0.994. The summed E-state index contributed by atoms with van der Waals surface area (Å²) in [5.74, 6) is 0. The van der Waals surface area contributed by atoms with Gasteiger partial charge in [-0.25, -0.2) is 0 Å². The Morgan fingerprint density at radius 3 is 0.954 bits per heavy atom. The molecule has 0 N–H and O–H groups in total. The number of rotatable bonds is 6. The van der Waals surface area contributed by atoms with E-state index in [1.807, 2.05) is 11.3 Å². The summed E-state index contributed by atoms with van der Waals surface area (Å²) >= 11 is 1.89. The second-order valence-electron chi connectivity index (χ2n) is 17.1. The van der Waals surface area contributed by atoms with E-state index in [0.29, 0.717) is 0 Å². The average Bonchev–Trinajstić information content (AvgIpc) is 3.75. The Bertz CT molecular complexity index is 3800. The lowest BCUT2D eigenvalue weighted by atomic mass is 9.84. The molecule has 12 aromatic carbocycles. The minimum atomic E-state index is 1.21. The fourth-order valence-electron chi connectivity index (χ4n) is 10.6. The van der Waals surface area contributed by atoms with E-state index in [4.69, 9.17) is 0 Å². The van der Waals surface area contributed by atoms with E-state index < -0.39 is 0 Å². The second-order valence-corrected chi connectivity index (χ2v) is 18.2. The molecule has 1 heteroatoms. The fraction of sp³-hybridized carbons (Fsp3) is 0. The first kappa shape index (κ1) is 37.5. The van der Waals surface area contributed by atoms with Crippen molar-refractivity contribution in [1.82, 2.24) is 0 Å². The Morgan fingerprint density at radius 1 is 0.169 bits per heavy atom. The smallest absolute Gasteiger partial charge is 0.0361 e. The lowest BCUT2D eigenvalue weighted by Crippen LogP contribution is -1.92. The maximum absolute atomic E-state index is 2.44. The van der Waals surface area contributed by atoms with Crippen LogP contribution in [-0.4, -0.2) is 0 Å². The summed E-state index contributed by atoms with van der Waals surface area (Å²) in [6, 6.07) is 89.7. The van der Waals surface area contributed by atoms with Crippen LogP contribution >= 0.6 is 11.3 Å². The summed E-state index contributed by atoms with van der Waals surface area (Å²) in [6.45, 7) is 0. The van der Waals surface area contributed by atoms with Crippen molar-refractivity contribution >= 4 is 74.6 Å². The number of hydrogen-bond acceptors (Lipinski definition) is 1. The summed E-state index contributed by atoms with van der Waals surface area (Å²) < 4.78 is 2.59. The molecule has 0 unspecified atom stereocenters. The first-order valence-corrected chi connectivity index (χ1v) is 23.2. The van der Waals surface area contributed by atoms with Crippen LogP contribution in [0.1, 0.15) is 0 Å². The highest BCUT2D eigenvalue weighted by atomic mass is 32.1. The van der Waals surface area contributed by atoms with E-state index in [9.17, 15) is 0 Å². The quantitative estimate of drug-likeness (QED) is 0.146. The summed E-state index contributed by atoms with van der Waals surface area (Å²) in [4.78, 5) is 0. The third kappa shape index (κ3) is 6.20. The van der Waals surface area contributed by atoms with Gasteiger partial charge in [-0.3, -0.25) is 0 Å². The van der Waals surface area contributed by atoms with Gasteiger partial charge in [0.1, 0.15) is 0 Å². The Labute approximate surface area is 382 Å². The first-order valence-electron chi connectivity index (χ1n) is 22.4. The van der Waals surface area contributed by atoms with Crippen LogP contribution < -0.4 is 0 Å². The summed E-state index contributed by atoms with van der Waals surface area (Å²) in [7, 11) is 0. The largest absolute Gasteiger partial charge is 0.135 e. The highest BCUT2D eigenvalue weighted by molar-refractivity contribution is 7.25. The van der Waals surface area contributed by atoms with Crippen molar-refractivity contribution in [1.29, 1.82) is 0 Å². The molecule has 0 nitrogen and oxygen atoms in total. The van der Waals surface area contributed by atoms with Crippen LogP contribution in [-0.2, 0) is 0 Å². The summed E-state index contributed by atoms with van der Waals surface area (Å²) in [5, 5.41) is 12.7. The van der Waals surface area contributed by atoms with Crippen molar-refractivity contribution in [3.8, 4) is 66.8 Å². The van der Waals surface area contributed by atoms with Gasteiger partial charge >= 0.3 is 0 Å². The zero-order valence-electron chi connectivity index (χ0n) is 35.5. The molecule has 1 heterocycles. The maximum Gasteiger partial charge on any atom is 0.0361 e. The molecule has 13 rings (SSSR count). The summed E-state index contributed by atoms with van der Waals surface area (Å²) in [6.07, 6.45) is 0. The van der Waals surface area contributed by atoms with Gasteiger partial charge in [-0.1, -0.05) is 206 Å². The van der Waals surface area contributed by atoms with Crippen LogP contribution in [0.2, 0.25) is 0 Å². The molecule has 0 spiro atoms. The summed E-state index contributed by atoms with van der Waals surface area (Å²) in [5.41, 5.74) is 14.9. The molecule has 0 aliphatic rings. The Kier molecular flexibility index (Phi) is 8.82. The van der Waals surface area contributed by atoms with E-state index in [0.717, 1.165) is 0 Å². The van der Waals surface area contributed by atoms with Crippen LogP contribution in [0, 0.1) is 0 Å². The molecular formula is C64H40S. The van der Waals surface area contributed by atoms with Crippen LogP contribution in [0.15, 0.2) is 243 Å². The third-order valence-electron chi connectivity index (χ3n) is 13.4. The Morgan fingerprint density at radius 2 is 0.508 bits per heavy atom. The first-order chi connectivity index (χ1) is 32.2. The van der Waals surface area contributed by atoms with Crippen LogP contribution in [0.3, 0.4) is 0 Å². The van der Waals surface area contributed by atoms with Crippen molar-refractivity contribution < 1.29 is 0 Å². The molecule has 0 saturated heterocycles. The highest BCUT2D eigenvalue weighted by Crippen LogP contribution is 2.48. The van der Waals surface area contributed by atoms with Gasteiger partial charge in [-0.05, 0) is 146 Å². The van der Waals surface area contributed by atoms with Crippen LogP contribution in [0.4, 0.5) is 0 Å². The highest BCUT2D eigenvalue weighted by Gasteiger charge is 2.21. The zero-order valence-corrected chi connectivity index (χ0v) is 36.3. The molecule has 0 aliphatic carbocycles. The van der Waals surface area contributed by atoms with E-state index in [1.165, 1.54) is 130 Å². The lowest BCUT2D eigenvalue weighted by Gasteiger charge is -2.19. The van der Waals surface area contributed by atoms with Crippen molar-refractivity contribution in [2.24, 2.45) is 0 Å². The lowest BCUT2D eigenvalue weighted by molar-refractivity contribution is 1.58. The molecule has 302 valence electrons. The molecular weight excluding hydrogens is 801 g/mol. The number of benzene rings is 12. The van der Waals surface area contributed by atoms with Gasteiger partial charge in [-0.2, -0.15) is 0 Å². The van der Waals surface area contributed by atoms with Gasteiger partial charge < -0.3 is 0 Å². The molecule has 0 fully saturated rings. The van der Waals surface area contributed by atoms with Gasteiger partial charge in [0.25, 0.3) is 0 Å². The van der Waals surface area contributed by atoms with Crippen molar-refractivity contribution in [3.05, 3.63) is 243 Å². The van der Waals surface area contributed by atoms with Crippen molar-refractivity contribution in [2.75, 3.05) is 0 Å². The molecule has 1 aromatic heterocycles. The molecule has 0 saturated carbocycles. The van der Waals surface area contributed by atoms with Crippen LogP contribution in [0.25, 0.3) is 130 Å². The molecule has 0 radical (unpaired) electrons. The third-order valence-corrected chi connectivity index (χ3v) is 14.5. The number of hydrogen-bond donors (Lipinski definition) is 0. The monoisotopic (exact) mass is 840 g/mol. The normalized spacial score (nSPS) is 11.7. The van der Waals surface area contributed by atoms with Gasteiger partial charge in [0.15, 0.2) is 0 Å².